The number of benzene rings is 1. The van der Waals surface area contributed by atoms with Crippen LogP contribution in [0.4, 0.5) is 0 Å². The maximum absolute atomic E-state index is 5.87. The Bertz CT molecular complexity index is 535. The molecule has 0 saturated heterocycles. The summed E-state index contributed by atoms with van der Waals surface area (Å²) in [6, 6.07) is 8.21. The van der Waals surface area contributed by atoms with E-state index >= 15 is 0 Å². The van der Waals surface area contributed by atoms with Crippen molar-refractivity contribution in [3.63, 3.8) is 0 Å². The number of nitrogens with two attached hydrogens (primary N) is 1. The van der Waals surface area contributed by atoms with Gasteiger partial charge in [-0.2, -0.15) is 0 Å². The summed E-state index contributed by atoms with van der Waals surface area (Å²) in [7, 11) is 0. The summed E-state index contributed by atoms with van der Waals surface area (Å²) in [6.07, 6.45) is 1.79. The van der Waals surface area contributed by atoms with E-state index in [1.165, 1.54) is 11.1 Å². The van der Waals surface area contributed by atoms with Gasteiger partial charge in [0.05, 0.1) is 12.0 Å². The summed E-state index contributed by atoms with van der Waals surface area (Å²) in [5.74, 6) is 1.51. The van der Waals surface area contributed by atoms with Crippen LogP contribution >= 0.6 is 0 Å². The zero-order chi connectivity index (χ0) is 11.8. The fourth-order valence-electron chi connectivity index (χ4n) is 2.19. The first kappa shape index (κ1) is 10.5. The van der Waals surface area contributed by atoms with Gasteiger partial charge < -0.3 is 10.2 Å². The van der Waals surface area contributed by atoms with Crippen molar-refractivity contribution in [2.45, 2.75) is 31.7 Å². The molecule has 0 fully saturated rings. The Morgan fingerprint density at radius 1 is 1.41 bits per heavy atom. The summed E-state index contributed by atoms with van der Waals surface area (Å²) in [6.45, 7) is 2.01. The van der Waals surface area contributed by atoms with Crippen molar-refractivity contribution in [2.24, 2.45) is 5.73 Å². The van der Waals surface area contributed by atoms with E-state index in [1.54, 1.807) is 0 Å². The number of hydrogen-bond donors (Lipinski definition) is 1. The maximum Gasteiger partial charge on any atom is 0.233 e. The molecule has 0 saturated carbocycles. The molecule has 88 valence electrons. The highest BCUT2D eigenvalue weighted by atomic mass is 16.4. The normalized spacial score (nSPS) is 19.5. The van der Waals surface area contributed by atoms with Gasteiger partial charge in [0, 0.05) is 0 Å². The summed E-state index contributed by atoms with van der Waals surface area (Å²) in [5, 5.41) is 8.13. The monoisotopic (exact) mass is 229 g/mol. The molecule has 0 aliphatic heterocycles. The number of hydrogen-bond acceptors (Lipinski definition) is 4. The van der Waals surface area contributed by atoms with Crippen LogP contribution in [0, 0.1) is 0 Å². The van der Waals surface area contributed by atoms with Crippen LogP contribution in [0.25, 0.3) is 0 Å². The van der Waals surface area contributed by atoms with E-state index < -0.39 is 0 Å². The van der Waals surface area contributed by atoms with Gasteiger partial charge >= 0.3 is 0 Å². The van der Waals surface area contributed by atoms with E-state index in [9.17, 15) is 0 Å². The fraction of sp³-hybridized carbons (Fsp3) is 0.385. The van der Waals surface area contributed by atoms with E-state index in [0.717, 1.165) is 12.8 Å². The number of fused-ring (bicyclic) bond motifs is 1. The minimum Gasteiger partial charge on any atom is -0.423 e. The average Bonchev–Trinajstić information content (AvgIpc) is 2.79. The maximum atomic E-state index is 5.87. The fourth-order valence-corrected chi connectivity index (χ4v) is 2.19. The van der Waals surface area contributed by atoms with Crippen LogP contribution in [0.5, 0.6) is 0 Å². The molecule has 1 aliphatic rings. The first-order valence-corrected chi connectivity index (χ1v) is 5.96. The Hall–Kier alpha value is -1.68. The molecule has 2 aromatic rings. The van der Waals surface area contributed by atoms with Gasteiger partial charge in [0.25, 0.3) is 0 Å². The number of aromatic nitrogens is 2. The zero-order valence-electron chi connectivity index (χ0n) is 9.76. The molecule has 0 radical (unpaired) electrons. The Morgan fingerprint density at radius 2 is 2.24 bits per heavy atom. The molecule has 2 unspecified atom stereocenters. The van der Waals surface area contributed by atoms with E-state index in [4.69, 9.17) is 10.2 Å². The second-order valence-electron chi connectivity index (χ2n) is 4.45. The Kier molecular flexibility index (Phi) is 2.44. The summed E-state index contributed by atoms with van der Waals surface area (Å²) in [5.41, 5.74) is 8.54. The third-order valence-corrected chi connectivity index (χ3v) is 3.37. The highest BCUT2D eigenvalue weighted by Gasteiger charge is 2.31. The minimum atomic E-state index is -0.147. The van der Waals surface area contributed by atoms with E-state index in [0.29, 0.717) is 11.8 Å². The van der Waals surface area contributed by atoms with Crippen LogP contribution in [-0.2, 0) is 6.42 Å². The van der Waals surface area contributed by atoms with Gasteiger partial charge in [-0.15, -0.1) is 10.2 Å². The Balaban J connectivity index is 1.86. The summed E-state index contributed by atoms with van der Waals surface area (Å²) < 4.78 is 5.65. The first-order chi connectivity index (χ1) is 8.29. The van der Waals surface area contributed by atoms with Crippen molar-refractivity contribution in [1.82, 2.24) is 10.2 Å². The molecule has 3 rings (SSSR count). The largest absolute Gasteiger partial charge is 0.423 e. The molecule has 1 aliphatic carbocycles. The topological polar surface area (TPSA) is 64.9 Å². The van der Waals surface area contributed by atoms with Crippen molar-refractivity contribution in [3.05, 3.63) is 47.2 Å². The van der Waals surface area contributed by atoms with Crippen molar-refractivity contribution in [3.8, 4) is 0 Å². The molecule has 0 spiro atoms. The van der Waals surface area contributed by atoms with E-state index in [2.05, 4.69) is 28.4 Å². The molecule has 4 heteroatoms. The molecule has 2 atom stereocenters. The molecule has 2 N–H and O–H groups in total. The molecule has 1 aromatic carbocycles. The minimum absolute atomic E-state index is 0.147. The smallest absolute Gasteiger partial charge is 0.233 e. The predicted molar refractivity (Wildman–Crippen MR) is 63.5 cm³/mol. The molecule has 0 bridgehead atoms. The molecule has 0 amide bonds. The second-order valence-corrected chi connectivity index (χ2v) is 4.45. The van der Waals surface area contributed by atoms with Crippen LogP contribution in [-0.4, -0.2) is 10.2 Å². The van der Waals surface area contributed by atoms with Gasteiger partial charge in [-0.3, -0.25) is 0 Å². The van der Waals surface area contributed by atoms with Gasteiger partial charge in [0.2, 0.25) is 11.8 Å². The third kappa shape index (κ3) is 1.65. The highest BCUT2D eigenvalue weighted by molar-refractivity contribution is 5.43. The predicted octanol–water partition coefficient (Wildman–Crippen LogP) is 2.17. The van der Waals surface area contributed by atoms with Crippen LogP contribution in [0.3, 0.4) is 0 Å². The van der Waals surface area contributed by atoms with Crippen molar-refractivity contribution < 1.29 is 4.42 Å². The van der Waals surface area contributed by atoms with Crippen LogP contribution in [0.15, 0.2) is 28.7 Å². The SMILES string of the molecule is CCC(N)c1nnc(C2Cc3ccccc32)o1. The van der Waals surface area contributed by atoms with Crippen molar-refractivity contribution in [2.75, 3.05) is 0 Å². The van der Waals surface area contributed by atoms with E-state index in [-0.39, 0.29) is 12.0 Å². The lowest BCUT2D eigenvalue weighted by Crippen LogP contribution is -2.18. The first-order valence-electron chi connectivity index (χ1n) is 5.96. The molecule has 17 heavy (non-hydrogen) atoms. The van der Waals surface area contributed by atoms with Crippen molar-refractivity contribution in [1.29, 1.82) is 0 Å². The lowest BCUT2D eigenvalue weighted by Gasteiger charge is -2.26. The standard InChI is InChI=1S/C13H15N3O/c1-2-11(14)13-16-15-12(17-13)10-7-8-5-3-4-6-9(8)10/h3-6,10-11H,2,7,14H2,1H3. The summed E-state index contributed by atoms with van der Waals surface area (Å²) >= 11 is 0. The van der Waals surface area contributed by atoms with Gasteiger partial charge in [-0.05, 0) is 24.0 Å². The van der Waals surface area contributed by atoms with Gasteiger partial charge in [0.1, 0.15) is 0 Å². The van der Waals surface area contributed by atoms with Gasteiger partial charge in [-0.1, -0.05) is 31.2 Å². The van der Waals surface area contributed by atoms with Gasteiger partial charge in [-0.25, -0.2) is 0 Å². The highest BCUT2D eigenvalue weighted by Crippen LogP contribution is 2.39. The summed E-state index contributed by atoms with van der Waals surface area (Å²) in [4.78, 5) is 0. The van der Waals surface area contributed by atoms with Crippen LogP contribution in [0.2, 0.25) is 0 Å². The third-order valence-electron chi connectivity index (χ3n) is 3.37. The number of nitrogens with zero attached hydrogens (tertiary/aromatic N) is 2. The molecular weight excluding hydrogens is 214 g/mol. The molecule has 1 aromatic heterocycles. The lowest BCUT2D eigenvalue weighted by atomic mass is 9.77. The molecule has 1 heterocycles. The van der Waals surface area contributed by atoms with Crippen LogP contribution < -0.4 is 5.73 Å². The number of rotatable bonds is 3. The molecular formula is C13H15N3O. The van der Waals surface area contributed by atoms with E-state index in [1.807, 2.05) is 13.0 Å². The van der Waals surface area contributed by atoms with Crippen LogP contribution in [0.1, 0.15) is 48.2 Å². The lowest BCUT2D eigenvalue weighted by molar-refractivity contribution is 0.391. The molecule has 4 nitrogen and oxygen atoms in total. The Morgan fingerprint density at radius 3 is 3.00 bits per heavy atom. The average molecular weight is 229 g/mol. The second kappa shape index (κ2) is 3.96. The zero-order valence-corrected chi connectivity index (χ0v) is 9.76. The quantitative estimate of drug-likeness (QED) is 0.876. The van der Waals surface area contributed by atoms with Gasteiger partial charge in [0.15, 0.2) is 0 Å². The van der Waals surface area contributed by atoms with Crippen molar-refractivity contribution >= 4 is 0 Å². The Labute approximate surface area is 99.8 Å².